The zero-order valence-electron chi connectivity index (χ0n) is 12.4. The number of anilines is 2. The maximum atomic E-state index is 6.22. The molecule has 2 rings (SSSR count). The van der Waals surface area contributed by atoms with E-state index in [0.717, 1.165) is 48.3 Å². The van der Waals surface area contributed by atoms with E-state index in [1.807, 2.05) is 18.3 Å². The predicted octanol–water partition coefficient (Wildman–Crippen LogP) is 2.96. The van der Waals surface area contributed by atoms with Crippen LogP contribution in [0, 0.1) is 0 Å². The van der Waals surface area contributed by atoms with Crippen molar-refractivity contribution in [3.63, 3.8) is 0 Å². The minimum atomic E-state index is 0.809. The second kappa shape index (κ2) is 7.10. The predicted molar refractivity (Wildman–Crippen MR) is 87.1 cm³/mol. The van der Waals surface area contributed by atoms with Gasteiger partial charge in [0.2, 0.25) is 0 Å². The second-order valence-corrected chi connectivity index (χ2v) is 4.98. The van der Waals surface area contributed by atoms with Gasteiger partial charge in [0.05, 0.1) is 11.4 Å². The molecule has 0 spiro atoms. The average Bonchev–Trinajstić information content (AvgIpc) is 2.49. The summed E-state index contributed by atoms with van der Waals surface area (Å²) in [5.41, 5.74) is 8.04. The summed E-state index contributed by atoms with van der Waals surface area (Å²) in [6.07, 6.45) is 4.82. The van der Waals surface area contributed by atoms with Gasteiger partial charge in [-0.2, -0.15) is 0 Å². The summed E-state index contributed by atoms with van der Waals surface area (Å²) in [5.74, 6) is 0. The fraction of sp³-hybridized carbons (Fsp3) is 0.438. The largest absolute Gasteiger partial charge is 0.397 e. The van der Waals surface area contributed by atoms with Crippen molar-refractivity contribution >= 4 is 22.1 Å². The first-order valence-electron chi connectivity index (χ1n) is 7.34. The SMILES string of the molecule is CCCN(CC)CCNc1ccc2cnccc2c1N. The first-order chi connectivity index (χ1) is 9.76. The summed E-state index contributed by atoms with van der Waals surface area (Å²) in [5, 5.41) is 5.58. The van der Waals surface area contributed by atoms with Crippen LogP contribution in [0.5, 0.6) is 0 Å². The topological polar surface area (TPSA) is 54.2 Å². The van der Waals surface area contributed by atoms with Gasteiger partial charge in [0.15, 0.2) is 0 Å². The van der Waals surface area contributed by atoms with Gasteiger partial charge in [-0.25, -0.2) is 0 Å². The third-order valence-electron chi connectivity index (χ3n) is 3.59. The molecular weight excluding hydrogens is 248 g/mol. The van der Waals surface area contributed by atoms with Gasteiger partial charge in [-0.05, 0) is 31.6 Å². The fourth-order valence-corrected chi connectivity index (χ4v) is 2.44. The summed E-state index contributed by atoms with van der Waals surface area (Å²) in [6, 6.07) is 6.06. The Morgan fingerprint density at radius 3 is 2.80 bits per heavy atom. The number of benzene rings is 1. The molecule has 0 aliphatic heterocycles. The lowest BCUT2D eigenvalue weighted by Gasteiger charge is -2.20. The molecule has 0 amide bonds. The Kier molecular flexibility index (Phi) is 5.18. The third-order valence-corrected chi connectivity index (χ3v) is 3.59. The number of nitrogens with two attached hydrogens (primary N) is 1. The Hall–Kier alpha value is -1.81. The quantitative estimate of drug-likeness (QED) is 0.761. The van der Waals surface area contributed by atoms with Crippen LogP contribution < -0.4 is 11.1 Å². The summed E-state index contributed by atoms with van der Waals surface area (Å²) in [4.78, 5) is 6.56. The Morgan fingerprint density at radius 2 is 2.05 bits per heavy atom. The summed E-state index contributed by atoms with van der Waals surface area (Å²) in [6.45, 7) is 8.61. The molecule has 2 aromatic rings. The lowest BCUT2D eigenvalue weighted by atomic mass is 10.1. The van der Waals surface area contributed by atoms with Crippen LogP contribution >= 0.6 is 0 Å². The number of hydrogen-bond acceptors (Lipinski definition) is 4. The van der Waals surface area contributed by atoms with Crippen LogP contribution in [0.3, 0.4) is 0 Å². The number of nitrogens with zero attached hydrogens (tertiary/aromatic N) is 2. The Bertz CT molecular complexity index is 553. The molecule has 0 fully saturated rings. The molecule has 0 saturated heterocycles. The molecule has 0 radical (unpaired) electrons. The number of fused-ring (bicyclic) bond motifs is 1. The third kappa shape index (κ3) is 3.39. The van der Waals surface area contributed by atoms with E-state index in [4.69, 9.17) is 5.73 Å². The molecule has 0 saturated carbocycles. The van der Waals surface area contributed by atoms with E-state index < -0.39 is 0 Å². The average molecular weight is 272 g/mol. The molecule has 0 bridgehead atoms. The molecule has 4 nitrogen and oxygen atoms in total. The highest BCUT2D eigenvalue weighted by molar-refractivity contribution is 5.98. The van der Waals surface area contributed by atoms with Crippen molar-refractivity contribution in [2.24, 2.45) is 0 Å². The van der Waals surface area contributed by atoms with Gasteiger partial charge in [0.1, 0.15) is 0 Å². The highest BCUT2D eigenvalue weighted by Gasteiger charge is 2.05. The molecule has 108 valence electrons. The molecule has 1 heterocycles. The molecule has 0 unspecified atom stereocenters. The summed E-state index contributed by atoms with van der Waals surface area (Å²) >= 11 is 0. The number of pyridine rings is 1. The molecule has 0 aliphatic carbocycles. The summed E-state index contributed by atoms with van der Waals surface area (Å²) < 4.78 is 0. The van der Waals surface area contributed by atoms with Crippen molar-refractivity contribution in [3.8, 4) is 0 Å². The summed E-state index contributed by atoms with van der Waals surface area (Å²) in [7, 11) is 0. The van der Waals surface area contributed by atoms with E-state index in [-0.39, 0.29) is 0 Å². The van der Waals surface area contributed by atoms with Crippen LogP contribution in [-0.4, -0.2) is 36.1 Å². The first-order valence-corrected chi connectivity index (χ1v) is 7.34. The highest BCUT2D eigenvalue weighted by Crippen LogP contribution is 2.27. The number of aromatic nitrogens is 1. The van der Waals surface area contributed by atoms with Gasteiger partial charge < -0.3 is 16.0 Å². The standard InChI is InChI=1S/C16H24N4/c1-3-10-20(4-2)11-9-19-15-6-5-13-12-18-8-7-14(13)16(15)17/h5-8,12,19H,3-4,9-11,17H2,1-2H3. The van der Waals surface area contributed by atoms with Crippen molar-refractivity contribution in [1.29, 1.82) is 0 Å². The number of hydrogen-bond donors (Lipinski definition) is 2. The van der Waals surface area contributed by atoms with Crippen LogP contribution in [-0.2, 0) is 0 Å². The fourth-order valence-electron chi connectivity index (χ4n) is 2.44. The zero-order valence-corrected chi connectivity index (χ0v) is 12.4. The van der Waals surface area contributed by atoms with Gasteiger partial charge in [-0.1, -0.05) is 19.9 Å². The molecule has 4 heteroatoms. The molecule has 20 heavy (non-hydrogen) atoms. The molecular formula is C16H24N4. The number of nitrogens with one attached hydrogen (secondary N) is 1. The van der Waals surface area contributed by atoms with Crippen LogP contribution in [0.4, 0.5) is 11.4 Å². The molecule has 0 atom stereocenters. The van der Waals surface area contributed by atoms with Crippen LogP contribution in [0.1, 0.15) is 20.3 Å². The van der Waals surface area contributed by atoms with Crippen molar-refractivity contribution in [1.82, 2.24) is 9.88 Å². The van der Waals surface area contributed by atoms with E-state index in [0.29, 0.717) is 0 Å². The van der Waals surface area contributed by atoms with E-state index in [1.54, 1.807) is 6.20 Å². The lowest BCUT2D eigenvalue weighted by molar-refractivity contribution is 0.300. The van der Waals surface area contributed by atoms with Crippen molar-refractivity contribution in [2.45, 2.75) is 20.3 Å². The Morgan fingerprint density at radius 1 is 1.20 bits per heavy atom. The molecule has 3 N–H and O–H groups in total. The van der Waals surface area contributed by atoms with Crippen molar-refractivity contribution in [2.75, 3.05) is 37.2 Å². The number of likely N-dealkylation sites (N-methyl/N-ethyl adjacent to an activating group) is 1. The van der Waals surface area contributed by atoms with Gasteiger partial charge in [-0.15, -0.1) is 0 Å². The maximum Gasteiger partial charge on any atom is 0.0630 e. The normalized spacial score (nSPS) is 11.2. The van der Waals surface area contributed by atoms with Crippen molar-refractivity contribution in [3.05, 3.63) is 30.6 Å². The Labute approximate surface area is 121 Å². The van der Waals surface area contributed by atoms with Crippen LogP contribution in [0.25, 0.3) is 10.8 Å². The van der Waals surface area contributed by atoms with E-state index >= 15 is 0 Å². The molecule has 1 aromatic heterocycles. The van der Waals surface area contributed by atoms with Gasteiger partial charge >= 0.3 is 0 Å². The van der Waals surface area contributed by atoms with Gasteiger partial charge in [-0.3, -0.25) is 4.98 Å². The van der Waals surface area contributed by atoms with E-state index in [2.05, 4.69) is 35.1 Å². The minimum absolute atomic E-state index is 0.809. The Balaban J connectivity index is 2.01. The van der Waals surface area contributed by atoms with E-state index in [9.17, 15) is 0 Å². The lowest BCUT2D eigenvalue weighted by Crippen LogP contribution is -2.29. The minimum Gasteiger partial charge on any atom is -0.397 e. The van der Waals surface area contributed by atoms with Crippen LogP contribution in [0.2, 0.25) is 0 Å². The zero-order chi connectivity index (χ0) is 14.4. The highest BCUT2D eigenvalue weighted by atomic mass is 15.1. The monoisotopic (exact) mass is 272 g/mol. The van der Waals surface area contributed by atoms with Crippen LogP contribution in [0.15, 0.2) is 30.6 Å². The second-order valence-electron chi connectivity index (χ2n) is 4.98. The van der Waals surface area contributed by atoms with Gasteiger partial charge in [0, 0.05) is 36.3 Å². The molecule has 1 aromatic carbocycles. The first kappa shape index (κ1) is 14.6. The smallest absolute Gasteiger partial charge is 0.0630 e. The van der Waals surface area contributed by atoms with Crippen molar-refractivity contribution < 1.29 is 0 Å². The van der Waals surface area contributed by atoms with Gasteiger partial charge in [0.25, 0.3) is 0 Å². The number of rotatable bonds is 7. The van der Waals surface area contributed by atoms with E-state index in [1.165, 1.54) is 6.42 Å². The molecule has 0 aliphatic rings. The maximum absolute atomic E-state index is 6.22. The number of nitrogen functional groups attached to an aromatic ring is 1.